The number of hydrogen-bond acceptors (Lipinski definition) is 2. The van der Waals surface area contributed by atoms with Gasteiger partial charge in [0, 0.05) is 11.3 Å². The summed E-state index contributed by atoms with van der Waals surface area (Å²) in [5.74, 6) is 0.509. The number of fused-ring (bicyclic) bond motifs is 1. The van der Waals surface area contributed by atoms with Crippen LogP contribution in [0.3, 0.4) is 0 Å². The van der Waals surface area contributed by atoms with Gasteiger partial charge in [-0.05, 0) is 23.0 Å². The van der Waals surface area contributed by atoms with Crippen LogP contribution < -0.4 is 0 Å². The van der Waals surface area contributed by atoms with Gasteiger partial charge in [0.2, 0.25) is 0 Å². The van der Waals surface area contributed by atoms with E-state index >= 15 is 0 Å². The van der Waals surface area contributed by atoms with E-state index in [4.69, 9.17) is 4.98 Å². The van der Waals surface area contributed by atoms with Gasteiger partial charge in [-0.25, -0.2) is 4.98 Å². The Labute approximate surface area is 128 Å². The molecule has 2 aromatic rings. The molecule has 2 rings (SSSR count). The van der Waals surface area contributed by atoms with Gasteiger partial charge in [0.15, 0.2) is 0 Å². The van der Waals surface area contributed by atoms with Crippen molar-refractivity contribution in [1.29, 1.82) is 0 Å². The summed E-state index contributed by atoms with van der Waals surface area (Å²) < 4.78 is 0. The van der Waals surface area contributed by atoms with Crippen LogP contribution in [0.4, 0.5) is 0 Å². The molecule has 0 amide bonds. The van der Waals surface area contributed by atoms with Crippen molar-refractivity contribution in [3.05, 3.63) is 36.0 Å². The normalized spacial score (nSPS) is 14.4. The van der Waals surface area contributed by atoms with Gasteiger partial charge in [-0.2, -0.15) is 0 Å². The predicted molar refractivity (Wildman–Crippen MR) is 89.7 cm³/mol. The van der Waals surface area contributed by atoms with E-state index in [0.717, 1.165) is 23.0 Å². The molecule has 0 spiro atoms. The Morgan fingerprint density at radius 1 is 1.10 bits per heavy atom. The zero-order chi connectivity index (χ0) is 15.8. The van der Waals surface area contributed by atoms with Gasteiger partial charge in [0.1, 0.15) is 5.75 Å². The van der Waals surface area contributed by atoms with Crippen LogP contribution in [-0.2, 0) is 0 Å². The monoisotopic (exact) mass is 285 g/mol. The molecule has 0 saturated heterocycles. The first-order valence-electron chi connectivity index (χ1n) is 7.75. The molecule has 1 atom stereocenters. The molecule has 1 unspecified atom stereocenters. The van der Waals surface area contributed by atoms with Gasteiger partial charge < -0.3 is 5.11 Å². The number of nitrogens with zero attached hydrogens (tertiary/aromatic N) is 1. The van der Waals surface area contributed by atoms with Crippen molar-refractivity contribution in [1.82, 2.24) is 4.98 Å². The largest absolute Gasteiger partial charge is 0.506 e. The van der Waals surface area contributed by atoms with Crippen LogP contribution in [0.15, 0.2) is 30.3 Å². The minimum atomic E-state index is 0.0342. The molecular formula is C19H27NO. The lowest BCUT2D eigenvalue weighted by atomic mass is 9.63. The van der Waals surface area contributed by atoms with E-state index in [1.165, 1.54) is 0 Å². The fraction of sp³-hybridized carbons (Fsp3) is 0.526. The topological polar surface area (TPSA) is 33.1 Å². The molecule has 0 saturated carbocycles. The zero-order valence-electron chi connectivity index (χ0n) is 14.1. The molecule has 1 heterocycles. The highest BCUT2D eigenvalue weighted by Gasteiger charge is 2.40. The Bertz CT molecular complexity index is 638. The van der Waals surface area contributed by atoms with Crippen LogP contribution in [0.25, 0.3) is 10.9 Å². The van der Waals surface area contributed by atoms with Crippen LogP contribution in [0, 0.1) is 10.8 Å². The number of para-hydroxylation sites is 1. The molecule has 2 heteroatoms. The van der Waals surface area contributed by atoms with E-state index in [1.807, 2.05) is 30.3 Å². The molecule has 0 aliphatic heterocycles. The van der Waals surface area contributed by atoms with Crippen molar-refractivity contribution in [2.45, 2.75) is 53.9 Å². The molecule has 1 aromatic heterocycles. The average Bonchev–Trinajstić information content (AvgIpc) is 2.38. The first-order chi connectivity index (χ1) is 9.66. The summed E-state index contributed by atoms with van der Waals surface area (Å²) >= 11 is 0. The van der Waals surface area contributed by atoms with E-state index < -0.39 is 0 Å². The predicted octanol–water partition coefficient (Wildman–Crippen LogP) is 5.51. The van der Waals surface area contributed by atoms with E-state index in [9.17, 15) is 5.11 Å². The van der Waals surface area contributed by atoms with Crippen LogP contribution in [0.1, 0.15) is 59.6 Å². The molecule has 21 heavy (non-hydrogen) atoms. The lowest BCUT2D eigenvalue weighted by Gasteiger charge is -2.42. The molecule has 0 bridgehead atoms. The van der Waals surface area contributed by atoms with Crippen molar-refractivity contribution in [3.8, 4) is 5.75 Å². The highest BCUT2D eigenvalue weighted by atomic mass is 16.3. The van der Waals surface area contributed by atoms with Crippen molar-refractivity contribution >= 4 is 10.9 Å². The van der Waals surface area contributed by atoms with Crippen molar-refractivity contribution in [2.75, 3.05) is 0 Å². The summed E-state index contributed by atoms with van der Waals surface area (Å²) in [5.41, 5.74) is 1.89. The van der Waals surface area contributed by atoms with Crippen LogP contribution in [0.2, 0.25) is 0 Å². The van der Waals surface area contributed by atoms with Gasteiger partial charge in [0.25, 0.3) is 0 Å². The molecule has 0 aliphatic carbocycles. The highest BCUT2D eigenvalue weighted by molar-refractivity contribution is 5.80. The van der Waals surface area contributed by atoms with Crippen LogP contribution >= 0.6 is 0 Å². The Hall–Kier alpha value is -1.57. The molecular weight excluding hydrogens is 258 g/mol. The van der Waals surface area contributed by atoms with E-state index in [-0.39, 0.29) is 16.7 Å². The lowest BCUT2D eigenvalue weighted by molar-refractivity contribution is 0.146. The molecule has 0 aliphatic rings. The summed E-state index contributed by atoms with van der Waals surface area (Å²) in [6.07, 6.45) is 1.04. The summed E-state index contributed by atoms with van der Waals surface area (Å²) in [5, 5.41) is 11.5. The maximum atomic E-state index is 10.5. The fourth-order valence-corrected chi connectivity index (χ4v) is 3.49. The Kier molecular flexibility index (Phi) is 4.01. The Morgan fingerprint density at radius 2 is 1.71 bits per heavy atom. The smallest absolute Gasteiger partial charge is 0.138 e. The second kappa shape index (κ2) is 5.32. The minimum absolute atomic E-state index is 0.0342. The average molecular weight is 285 g/mol. The second-order valence-corrected chi connectivity index (χ2v) is 7.73. The zero-order valence-corrected chi connectivity index (χ0v) is 14.1. The number of benzene rings is 1. The summed E-state index contributed by atoms with van der Waals surface area (Å²) in [6.45, 7) is 13.4. The molecule has 2 nitrogen and oxygen atoms in total. The highest BCUT2D eigenvalue weighted by Crippen LogP contribution is 2.51. The number of rotatable bonds is 3. The third-order valence-corrected chi connectivity index (χ3v) is 4.56. The van der Waals surface area contributed by atoms with Gasteiger partial charge in [-0.1, -0.05) is 66.2 Å². The SMILES string of the molecule is CCC(C)(C)C(c1nc2ccccc2cc1O)C(C)(C)C. The van der Waals surface area contributed by atoms with Gasteiger partial charge >= 0.3 is 0 Å². The van der Waals surface area contributed by atoms with E-state index in [1.54, 1.807) is 0 Å². The number of aromatic hydroxyl groups is 1. The molecule has 0 radical (unpaired) electrons. The van der Waals surface area contributed by atoms with Crippen LogP contribution in [0.5, 0.6) is 5.75 Å². The first kappa shape index (κ1) is 15.8. The number of hydrogen-bond donors (Lipinski definition) is 1. The van der Waals surface area contributed by atoms with Gasteiger partial charge in [-0.3, -0.25) is 0 Å². The quantitative estimate of drug-likeness (QED) is 0.807. The third kappa shape index (κ3) is 3.04. The van der Waals surface area contributed by atoms with Gasteiger partial charge in [0.05, 0.1) is 11.2 Å². The van der Waals surface area contributed by atoms with Crippen molar-refractivity contribution in [2.24, 2.45) is 10.8 Å². The number of aromatic nitrogens is 1. The lowest BCUT2D eigenvalue weighted by Crippen LogP contribution is -2.33. The van der Waals surface area contributed by atoms with E-state index in [2.05, 4.69) is 41.5 Å². The van der Waals surface area contributed by atoms with Crippen LogP contribution in [-0.4, -0.2) is 10.1 Å². The maximum Gasteiger partial charge on any atom is 0.138 e. The summed E-state index contributed by atoms with van der Waals surface area (Å²) in [4.78, 5) is 4.81. The second-order valence-electron chi connectivity index (χ2n) is 7.73. The maximum absolute atomic E-state index is 10.5. The van der Waals surface area contributed by atoms with Crippen molar-refractivity contribution < 1.29 is 5.11 Å². The fourth-order valence-electron chi connectivity index (χ4n) is 3.49. The van der Waals surface area contributed by atoms with E-state index in [0.29, 0.717) is 5.75 Å². The molecule has 114 valence electrons. The van der Waals surface area contributed by atoms with Gasteiger partial charge in [-0.15, -0.1) is 0 Å². The Balaban J connectivity index is 2.68. The third-order valence-electron chi connectivity index (χ3n) is 4.56. The van der Waals surface area contributed by atoms with Crippen molar-refractivity contribution in [3.63, 3.8) is 0 Å². The summed E-state index contributed by atoms with van der Waals surface area (Å²) in [6, 6.07) is 9.82. The molecule has 1 aromatic carbocycles. The molecule has 1 N–H and O–H groups in total. The Morgan fingerprint density at radius 3 is 2.29 bits per heavy atom. The molecule has 0 fully saturated rings. The first-order valence-corrected chi connectivity index (χ1v) is 7.75. The standard InChI is InChI=1S/C19H27NO/c1-7-19(5,6)17(18(2,3)4)16-15(21)12-13-10-8-9-11-14(13)20-16/h8-12,17,21H,7H2,1-6H3. The minimum Gasteiger partial charge on any atom is -0.506 e. The summed E-state index contributed by atoms with van der Waals surface area (Å²) in [7, 11) is 0. The number of pyridine rings is 1.